The summed E-state index contributed by atoms with van der Waals surface area (Å²) in [5.74, 6) is -0.772. The van der Waals surface area contributed by atoms with Gasteiger partial charge in [-0.1, -0.05) is 74.6 Å². The molecule has 1 N–H and O–H groups in total. The Morgan fingerprint density at radius 3 is 2.47 bits per heavy atom. The molecule has 0 saturated heterocycles. The average molecular weight is 256 g/mol. The first-order valence-electron chi connectivity index (χ1n) is 6.48. The highest BCUT2D eigenvalue weighted by Gasteiger charge is 2.12. The van der Waals surface area contributed by atoms with Crippen molar-refractivity contribution >= 4 is 12.0 Å². The van der Waals surface area contributed by atoms with Gasteiger partial charge in [-0.05, 0) is 17.9 Å². The van der Waals surface area contributed by atoms with E-state index in [0.29, 0.717) is 5.57 Å². The Balaban J connectivity index is 2.66. The van der Waals surface area contributed by atoms with Crippen molar-refractivity contribution in [1.82, 2.24) is 0 Å². The van der Waals surface area contributed by atoms with Gasteiger partial charge in [0.2, 0.25) is 0 Å². The first-order valence-corrected chi connectivity index (χ1v) is 6.48. The van der Waals surface area contributed by atoms with Gasteiger partial charge in [0.1, 0.15) is 0 Å². The Hall–Kier alpha value is -2.09. The molecule has 0 aliphatic carbocycles. The summed E-state index contributed by atoms with van der Waals surface area (Å²) in [6.07, 6.45) is 10.0. The van der Waals surface area contributed by atoms with Crippen molar-refractivity contribution in [1.29, 1.82) is 0 Å². The minimum Gasteiger partial charge on any atom is -0.478 e. The zero-order chi connectivity index (χ0) is 14.1. The third-order valence-electron chi connectivity index (χ3n) is 2.98. The summed E-state index contributed by atoms with van der Waals surface area (Å²) in [4.78, 5) is 11.1. The van der Waals surface area contributed by atoms with E-state index in [0.717, 1.165) is 12.0 Å². The highest BCUT2D eigenvalue weighted by atomic mass is 16.4. The minimum atomic E-state index is -0.842. The predicted molar refractivity (Wildman–Crippen MR) is 79.8 cm³/mol. The largest absolute Gasteiger partial charge is 0.478 e. The van der Waals surface area contributed by atoms with E-state index in [1.807, 2.05) is 62.4 Å². The van der Waals surface area contributed by atoms with Crippen LogP contribution >= 0.6 is 0 Å². The zero-order valence-electron chi connectivity index (χ0n) is 11.4. The second kappa shape index (κ2) is 8.09. The van der Waals surface area contributed by atoms with Crippen LogP contribution in [-0.4, -0.2) is 11.1 Å². The Bertz CT molecular complexity index is 481. The molecule has 1 aromatic carbocycles. The van der Waals surface area contributed by atoms with E-state index in [2.05, 4.69) is 0 Å². The van der Waals surface area contributed by atoms with Gasteiger partial charge < -0.3 is 5.11 Å². The molecule has 100 valence electrons. The molecule has 19 heavy (non-hydrogen) atoms. The fraction of sp³-hybridized carbons (Fsp3) is 0.235. The molecule has 0 radical (unpaired) electrons. The van der Waals surface area contributed by atoms with Gasteiger partial charge in [-0.25, -0.2) is 4.79 Å². The van der Waals surface area contributed by atoms with Crippen LogP contribution in [0.5, 0.6) is 0 Å². The molecule has 2 nitrogen and oxygen atoms in total. The second-order valence-corrected chi connectivity index (χ2v) is 4.39. The lowest BCUT2D eigenvalue weighted by atomic mass is 9.98. The molecule has 0 spiro atoms. The van der Waals surface area contributed by atoms with Crippen LogP contribution in [0.1, 0.15) is 25.8 Å². The maximum Gasteiger partial charge on any atom is 0.331 e. The van der Waals surface area contributed by atoms with Crippen LogP contribution in [0.4, 0.5) is 0 Å². The molecule has 0 fully saturated rings. The summed E-state index contributed by atoms with van der Waals surface area (Å²) >= 11 is 0. The molecule has 0 amide bonds. The lowest BCUT2D eigenvalue weighted by Gasteiger charge is -2.07. The molecule has 0 saturated carbocycles. The molecule has 0 bridgehead atoms. The van der Waals surface area contributed by atoms with Gasteiger partial charge >= 0.3 is 5.97 Å². The van der Waals surface area contributed by atoms with E-state index >= 15 is 0 Å². The fourth-order valence-corrected chi connectivity index (χ4v) is 1.62. The summed E-state index contributed by atoms with van der Waals surface area (Å²) in [6, 6.07) is 9.97. The van der Waals surface area contributed by atoms with Crippen LogP contribution in [0.25, 0.3) is 6.08 Å². The smallest absolute Gasteiger partial charge is 0.331 e. The molecule has 1 unspecified atom stereocenters. The molecular formula is C17H20O2. The monoisotopic (exact) mass is 256 g/mol. The highest BCUT2D eigenvalue weighted by Crippen LogP contribution is 2.14. The number of hydrogen-bond acceptors (Lipinski definition) is 1. The van der Waals surface area contributed by atoms with Gasteiger partial charge in [0.15, 0.2) is 0 Å². The normalized spacial score (nSPS) is 14.1. The quantitative estimate of drug-likeness (QED) is 0.608. The minimum absolute atomic E-state index is 0.0697. The number of carbonyl (C=O) groups is 1. The third kappa shape index (κ3) is 5.38. The number of allylic oxidation sites excluding steroid dienone is 4. The lowest BCUT2D eigenvalue weighted by molar-refractivity contribution is -0.133. The Labute approximate surface area is 114 Å². The summed E-state index contributed by atoms with van der Waals surface area (Å²) in [5, 5.41) is 9.09. The van der Waals surface area contributed by atoms with Crippen molar-refractivity contribution in [2.24, 2.45) is 5.92 Å². The van der Waals surface area contributed by atoms with E-state index in [9.17, 15) is 4.79 Å². The number of benzene rings is 1. The van der Waals surface area contributed by atoms with Crippen molar-refractivity contribution in [3.63, 3.8) is 0 Å². The standard InChI is InChI=1S/C17H20O2/c1-3-14(2)16(17(18)19)13-9-5-8-12-15-10-6-4-7-11-15/h4-14H,3H2,1-2H3,(H,18,19)/b9-5+,12-8?,16-13+. The van der Waals surface area contributed by atoms with E-state index in [-0.39, 0.29) is 5.92 Å². The van der Waals surface area contributed by atoms with Crippen LogP contribution in [0.15, 0.2) is 60.2 Å². The fourth-order valence-electron chi connectivity index (χ4n) is 1.62. The van der Waals surface area contributed by atoms with Crippen LogP contribution in [0.3, 0.4) is 0 Å². The molecular weight excluding hydrogens is 236 g/mol. The molecule has 1 atom stereocenters. The number of hydrogen-bond donors (Lipinski definition) is 1. The van der Waals surface area contributed by atoms with Gasteiger partial charge in [-0.2, -0.15) is 0 Å². The third-order valence-corrected chi connectivity index (χ3v) is 2.98. The number of carboxylic acid groups (broad SMARTS) is 1. The van der Waals surface area contributed by atoms with E-state index in [4.69, 9.17) is 5.11 Å². The van der Waals surface area contributed by atoms with Crippen molar-refractivity contribution in [2.75, 3.05) is 0 Å². The van der Waals surface area contributed by atoms with Crippen LogP contribution in [0.2, 0.25) is 0 Å². The molecule has 1 rings (SSSR count). The summed E-state index contributed by atoms with van der Waals surface area (Å²) in [6.45, 7) is 3.91. The molecule has 0 aromatic heterocycles. The van der Waals surface area contributed by atoms with E-state index < -0.39 is 5.97 Å². The van der Waals surface area contributed by atoms with Crippen molar-refractivity contribution in [3.05, 3.63) is 65.8 Å². The zero-order valence-corrected chi connectivity index (χ0v) is 11.4. The number of aliphatic carboxylic acids is 1. The van der Waals surface area contributed by atoms with Gasteiger partial charge in [0, 0.05) is 5.57 Å². The van der Waals surface area contributed by atoms with E-state index in [1.165, 1.54) is 0 Å². The first kappa shape index (κ1) is 15.0. The maximum absolute atomic E-state index is 11.1. The van der Waals surface area contributed by atoms with Gasteiger partial charge in [-0.15, -0.1) is 0 Å². The van der Waals surface area contributed by atoms with Crippen molar-refractivity contribution in [2.45, 2.75) is 20.3 Å². The summed E-state index contributed by atoms with van der Waals surface area (Å²) < 4.78 is 0. The van der Waals surface area contributed by atoms with Crippen LogP contribution in [0, 0.1) is 5.92 Å². The summed E-state index contributed by atoms with van der Waals surface area (Å²) in [5.41, 5.74) is 1.57. The number of rotatable bonds is 6. The second-order valence-electron chi connectivity index (χ2n) is 4.39. The number of carboxylic acids is 1. The molecule has 0 aliphatic heterocycles. The average Bonchev–Trinajstić information content (AvgIpc) is 2.42. The Morgan fingerprint density at radius 1 is 1.21 bits per heavy atom. The van der Waals surface area contributed by atoms with Gasteiger partial charge in [0.05, 0.1) is 0 Å². The molecule has 0 aliphatic rings. The topological polar surface area (TPSA) is 37.3 Å². The molecule has 1 aromatic rings. The van der Waals surface area contributed by atoms with E-state index in [1.54, 1.807) is 12.2 Å². The predicted octanol–water partition coefficient (Wildman–Crippen LogP) is 4.31. The van der Waals surface area contributed by atoms with Crippen LogP contribution in [-0.2, 0) is 4.79 Å². The Morgan fingerprint density at radius 2 is 1.89 bits per heavy atom. The Kier molecular flexibility index (Phi) is 6.37. The highest BCUT2D eigenvalue weighted by molar-refractivity contribution is 5.87. The van der Waals surface area contributed by atoms with Crippen molar-refractivity contribution < 1.29 is 9.90 Å². The van der Waals surface area contributed by atoms with Crippen LogP contribution < -0.4 is 0 Å². The van der Waals surface area contributed by atoms with Gasteiger partial charge in [0.25, 0.3) is 0 Å². The SMILES string of the molecule is CCC(C)/C(=C\C=C\C=Cc1ccccc1)C(=O)O. The molecule has 0 heterocycles. The first-order chi connectivity index (χ1) is 9.15. The summed E-state index contributed by atoms with van der Waals surface area (Å²) in [7, 11) is 0. The van der Waals surface area contributed by atoms with Gasteiger partial charge in [-0.3, -0.25) is 0 Å². The molecule has 2 heteroatoms. The maximum atomic E-state index is 11.1. The lowest BCUT2D eigenvalue weighted by Crippen LogP contribution is -2.08. The van der Waals surface area contributed by atoms with Crippen molar-refractivity contribution in [3.8, 4) is 0 Å².